The number of rotatable bonds is 6. The number of esters is 2. The van der Waals surface area contributed by atoms with Gasteiger partial charge in [-0.1, -0.05) is 25.3 Å². The summed E-state index contributed by atoms with van der Waals surface area (Å²) < 4.78 is 9.99. The number of hydrogen-bond donors (Lipinski definition) is 0. The molecular formula is C14H19ClO4. The van der Waals surface area contributed by atoms with Crippen LogP contribution in [0.3, 0.4) is 0 Å². The summed E-state index contributed by atoms with van der Waals surface area (Å²) >= 11 is 6.17. The van der Waals surface area contributed by atoms with Crippen LogP contribution < -0.4 is 0 Å². The Bertz CT molecular complexity index is 353. The molecule has 0 bridgehead atoms. The zero-order chi connectivity index (χ0) is 14.3. The first-order chi connectivity index (χ1) is 9.10. The Balaban J connectivity index is 2.46. The first-order valence-electron chi connectivity index (χ1n) is 6.29. The third-order valence-corrected chi connectivity index (χ3v) is 3.58. The average molecular weight is 287 g/mol. The summed E-state index contributed by atoms with van der Waals surface area (Å²) in [6, 6.07) is 0. The van der Waals surface area contributed by atoms with Crippen molar-refractivity contribution in [2.24, 2.45) is 11.8 Å². The van der Waals surface area contributed by atoms with Crippen LogP contribution in [0, 0.1) is 11.8 Å². The quantitative estimate of drug-likeness (QED) is 0.428. The van der Waals surface area contributed by atoms with Crippen LogP contribution in [-0.4, -0.2) is 30.5 Å². The predicted molar refractivity (Wildman–Crippen MR) is 72.8 cm³/mol. The van der Waals surface area contributed by atoms with E-state index in [0.717, 1.165) is 0 Å². The molecule has 0 heterocycles. The molecule has 0 aromatic heterocycles. The maximum absolute atomic E-state index is 11.7. The van der Waals surface area contributed by atoms with E-state index in [4.69, 9.17) is 21.1 Å². The third-order valence-electron chi connectivity index (χ3n) is 3.10. The summed E-state index contributed by atoms with van der Waals surface area (Å²) in [5.41, 5.74) is 0. The maximum Gasteiger partial charge on any atom is 0.310 e. The lowest BCUT2D eigenvalue weighted by Gasteiger charge is -2.29. The van der Waals surface area contributed by atoms with Crippen molar-refractivity contribution in [3.63, 3.8) is 0 Å². The summed E-state index contributed by atoms with van der Waals surface area (Å²) in [6.45, 7) is 7.35. The molecule has 0 aromatic rings. The van der Waals surface area contributed by atoms with E-state index in [-0.39, 0.29) is 37.0 Å². The van der Waals surface area contributed by atoms with Crippen LogP contribution in [0.1, 0.15) is 19.3 Å². The largest absolute Gasteiger partial charge is 0.461 e. The van der Waals surface area contributed by atoms with Crippen LogP contribution in [0.25, 0.3) is 0 Å². The molecule has 4 nitrogen and oxygen atoms in total. The average Bonchev–Trinajstić information content (AvgIpc) is 2.41. The molecule has 0 radical (unpaired) electrons. The molecule has 0 aromatic carbocycles. The van der Waals surface area contributed by atoms with Crippen molar-refractivity contribution < 1.29 is 19.1 Å². The highest BCUT2D eigenvalue weighted by atomic mass is 35.5. The van der Waals surface area contributed by atoms with Crippen molar-refractivity contribution in [3.8, 4) is 0 Å². The molecule has 5 heteroatoms. The van der Waals surface area contributed by atoms with Crippen molar-refractivity contribution in [1.82, 2.24) is 0 Å². The highest BCUT2D eigenvalue weighted by Gasteiger charge is 2.37. The van der Waals surface area contributed by atoms with E-state index in [1.165, 1.54) is 12.2 Å². The van der Waals surface area contributed by atoms with E-state index in [1.54, 1.807) is 0 Å². The summed E-state index contributed by atoms with van der Waals surface area (Å²) in [5, 5.41) is -0.396. The van der Waals surface area contributed by atoms with Crippen LogP contribution >= 0.6 is 11.6 Å². The molecule has 0 saturated heterocycles. The van der Waals surface area contributed by atoms with Gasteiger partial charge in [0.05, 0.1) is 11.8 Å². The molecule has 0 N–H and O–H groups in total. The Labute approximate surface area is 118 Å². The van der Waals surface area contributed by atoms with Crippen molar-refractivity contribution in [3.05, 3.63) is 25.3 Å². The van der Waals surface area contributed by atoms with Crippen LogP contribution in [0.15, 0.2) is 25.3 Å². The molecule has 0 spiro atoms. The van der Waals surface area contributed by atoms with Crippen LogP contribution in [0.4, 0.5) is 0 Å². The first-order valence-corrected chi connectivity index (χ1v) is 6.73. The van der Waals surface area contributed by atoms with Gasteiger partial charge in [-0.3, -0.25) is 9.59 Å². The van der Waals surface area contributed by atoms with Crippen molar-refractivity contribution in [2.75, 3.05) is 13.2 Å². The fraction of sp³-hybridized carbons (Fsp3) is 0.571. The minimum Gasteiger partial charge on any atom is -0.461 e. The summed E-state index contributed by atoms with van der Waals surface area (Å²) in [7, 11) is 0. The van der Waals surface area contributed by atoms with Crippen LogP contribution in [0.5, 0.6) is 0 Å². The van der Waals surface area contributed by atoms with Crippen molar-refractivity contribution in [1.29, 1.82) is 0 Å². The van der Waals surface area contributed by atoms with E-state index in [0.29, 0.717) is 19.3 Å². The highest BCUT2D eigenvalue weighted by Crippen LogP contribution is 2.34. The van der Waals surface area contributed by atoms with Gasteiger partial charge in [0, 0.05) is 5.38 Å². The molecule has 19 heavy (non-hydrogen) atoms. The third kappa shape index (κ3) is 4.71. The van der Waals surface area contributed by atoms with Gasteiger partial charge in [0.25, 0.3) is 0 Å². The summed E-state index contributed by atoms with van der Waals surface area (Å²) in [5.74, 6) is -1.20. The Morgan fingerprint density at radius 1 is 1.11 bits per heavy atom. The standard InChI is InChI=1S/C14H19ClO4/c1-3-7-18-13(16)10-5-6-11(12(15)9-10)14(17)19-8-4-2/h3-4,10-12H,1-2,5-9H2. The van der Waals surface area contributed by atoms with Gasteiger partial charge >= 0.3 is 11.9 Å². The number of carbonyl (C=O) groups is 2. The van der Waals surface area contributed by atoms with E-state index >= 15 is 0 Å². The molecule has 106 valence electrons. The number of hydrogen-bond acceptors (Lipinski definition) is 4. The molecule has 1 aliphatic rings. The number of alkyl halides is 1. The van der Waals surface area contributed by atoms with Crippen molar-refractivity contribution in [2.45, 2.75) is 24.6 Å². The van der Waals surface area contributed by atoms with Crippen molar-refractivity contribution >= 4 is 23.5 Å². The smallest absolute Gasteiger partial charge is 0.310 e. The van der Waals surface area contributed by atoms with Crippen LogP contribution in [0.2, 0.25) is 0 Å². The Kier molecular flexibility index (Phi) is 6.64. The van der Waals surface area contributed by atoms with E-state index < -0.39 is 5.38 Å². The zero-order valence-corrected chi connectivity index (χ0v) is 11.6. The second-order valence-corrected chi connectivity index (χ2v) is 5.03. The second kappa shape index (κ2) is 8.00. The molecule has 0 aliphatic heterocycles. The number of ether oxygens (including phenoxy) is 2. The van der Waals surface area contributed by atoms with Gasteiger partial charge in [0.1, 0.15) is 13.2 Å². The maximum atomic E-state index is 11.7. The first kappa shape index (κ1) is 15.8. The Hall–Kier alpha value is -1.29. The molecule has 1 aliphatic carbocycles. The lowest BCUT2D eigenvalue weighted by atomic mass is 9.81. The predicted octanol–water partition coefficient (Wildman–Crippen LogP) is 2.47. The van der Waals surface area contributed by atoms with Gasteiger partial charge in [0.2, 0.25) is 0 Å². The Morgan fingerprint density at radius 2 is 1.68 bits per heavy atom. The lowest BCUT2D eigenvalue weighted by Crippen LogP contribution is -2.35. The molecule has 1 rings (SSSR count). The zero-order valence-electron chi connectivity index (χ0n) is 10.8. The van der Waals surface area contributed by atoms with Gasteiger partial charge in [-0.2, -0.15) is 0 Å². The summed E-state index contributed by atoms with van der Waals surface area (Å²) in [6.07, 6.45) is 4.60. The fourth-order valence-electron chi connectivity index (χ4n) is 2.10. The van der Waals surface area contributed by atoms with Gasteiger partial charge in [-0.15, -0.1) is 11.6 Å². The highest BCUT2D eigenvalue weighted by molar-refractivity contribution is 6.22. The van der Waals surface area contributed by atoms with Gasteiger partial charge in [0.15, 0.2) is 0 Å². The normalized spacial score (nSPS) is 26.3. The van der Waals surface area contributed by atoms with Crippen LogP contribution in [-0.2, 0) is 19.1 Å². The second-order valence-electron chi connectivity index (χ2n) is 4.47. The molecule has 3 atom stereocenters. The van der Waals surface area contributed by atoms with E-state index in [2.05, 4.69) is 13.2 Å². The minimum absolute atomic E-state index is 0.184. The van der Waals surface area contributed by atoms with E-state index in [9.17, 15) is 9.59 Å². The monoisotopic (exact) mass is 286 g/mol. The number of carbonyl (C=O) groups excluding carboxylic acids is 2. The molecule has 1 fully saturated rings. The number of halogens is 1. The topological polar surface area (TPSA) is 52.6 Å². The summed E-state index contributed by atoms with van der Waals surface area (Å²) in [4.78, 5) is 23.4. The molecule has 0 amide bonds. The lowest BCUT2D eigenvalue weighted by molar-refractivity contribution is -0.153. The molecular weight excluding hydrogens is 268 g/mol. The fourth-order valence-corrected chi connectivity index (χ4v) is 2.55. The molecule has 1 saturated carbocycles. The van der Waals surface area contributed by atoms with Gasteiger partial charge in [-0.25, -0.2) is 0 Å². The molecule has 3 unspecified atom stereocenters. The van der Waals surface area contributed by atoms with Gasteiger partial charge < -0.3 is 9.47 Å². The van der Waals surface area contributed by atoms with E-state index in [1.807, 2.05) is 0 Å². The van der Waals surface area contributed by atoms with Gasteiger partial charge in [-0.05, 0) is 19.3 Å². The minimum atomic E-state index is -0.396. The Morgan fingerprint density at radius 3 is 2.21 bits per heavy atom. The SMILES string of the molecule is C=CCOC(=O)C1CCC(C(=O)OCC=C)C(Cl)C1.